The Morgan fingerprint density at radius 3 is 2.20 bits per heavy atom. The summed E-state index contributed by atoms with van der Waals surface area (Å²) in [5.41, 5.74) is 0.839. The monoisotopic (exact) mass is 769 g/mol. The number of carbonyl (C=O) groups is 4. The molecule has 1 fully saturated rings. The predicted octanol–water partition coefficient (Wildman–Crippen LogP) is 4.13. The number of aromatic nitrogens is 2. The Morgan fingerprint density at radius 1 is 1.00 bits per heavy atom. The van der Waals surface area contributed by atoms with Crippen molar-refractivity contribution in [3.8, 4) is 16.9 Å². The van der Waals surface area contributed by atoms with E-state index >= 15 is 0 Å². The minimum absolute atomic E-state index is 0.0711. The van der Waals surface area contributed by atoms with Crippen LogP contribution in [0.4, 0.5) is 13.2 Å². The normalized spacial score (nSPS) is 15.5. The minimum atomic E-state index is -4.73. The number of amides is 3. The molecule has 1 N–H and O–H groups in total. The van der Waals surface area contributed by atoms with E-state index < -0.39 is 70.8 Å². The number of nitrogens with one attached hydrogen (secondary N) is 1. The van der Waals surface area contributed by atoms with Gasteiger partial charge in [-0.2, -0.15) is 18.3 Å². The number of hydrazine groups is 1. The zero-order valence-corrected chi connectivity index (χ0v) is 29.2. The Labute approximate surface area is 304 Å². The van der Waals surface area contributed by atoms with Crippen LogP contribution in [0, 0.1) is 12.1 Å². The summed E-state index contributed by atoms with van der Waals surface area (Å²) in [5, 5.41) is 20.4. The lowest BCUT2D eigenvalue weighted by molar-refractivity contribution is -0.727. The molecule has 54 heavy (non-hydrogen) atoms. The van der Waals surface area contributed by atoms with Crippen molar-refractivity contribution in [1.29, 1.82) is 0 Å². The third-order valence-corrected chi connectivity index (χ3v) is 9.76. The highest BCUT2D eigenvalue weighted by Gasteiger charge is 2.41. The molecule has 1 atom stereocenters. The average molecular weight is 770 g/mol. The fourth-order valence-electron chi connectivity index (χ4n) is 5.51. The Balaban J connectivity index is 0.968. The molecule has 20 heteroatoms. The third-order valence-electron chi connectivity index (χ3n) is 8.37. The van der Waals surface area contributed by atoms with Crippen LogP contribution in [-0.2, 0) is 35.4 Å². The van der Waals surface area contributed by atoms with Crippen molar-refractivity contribution in [2.45, 2.75) is 50.1 Å². The molecule has 3 aromatic carbocycles. The van der Waals surface area contributed by atoms with Crippen LogP contribution in [-0.4, -0.2) is 82.2 Å². The second-order valence-electron chi connectivity index (χ2n) is 12.3. The van der Waals surface area contributed by atoms with Gasteiger partial charge < -0.3 is 14.8 Å². The molecular weight excluding hydrogens is 739 g/mol. The van der Waals surface area contributed by atoms with Gasteiger partial charge in [0.1, 0.15) is 19.2 Å². The molecule has 2 aliphatic heterocycles. The number of sulfonamides is 1. The Bertz CT molecular complexity index is 2220. The molecule has 1 aromatic heterocycles. The van der Waals surface area contributed by atoms with E-state index in [4.69, 9.17) is 9.57 Å². The summed E-state index contributed by atoms with van der Waals surface area (Å²) in [4.78, 5) is 55.4. The summed E-state index contributed by atoms with van der Waals surface area (Å²) in [6.07, 6.45) is -7.75. The SMILES string of the molecule is Cc1ccc(-c2cc(C(F)(F)F)nn2-c2ccc(S(=O)(=O)NC(=O)CCC(=O)OC3CN(/[N+]([O-])=N/OC(C)N4C(=O)c5ccccc5C4=O)C3)cc2)cc1. The van der Waals surface area contributed by atoms with Crippen LogP contribution in [0.2, 0.25) is 0 Å². The lowest BCUT2D eigenvalue weighted by Gasteiger charge is -2.33. The quantitative estimate of drug-likeness (QED) is 0.0716. The standard InChI is InChI=1S/C34H30F3N7O9S/c1-20-7-9-22(10-8-20)28-17-29(34(35,36)37)38-43(28)23-11-13-25(14-12-23)54(50,51)39-30(45)15-16-31(46)52-24-18-41(19-24)44(49)40-53-21(2)42-32(47)26-5-3-4-6-27(26)33(42)48/h3-14,17,21,24H,15-16,18-19H2,1-2H3,(H,39,45)/b44-40-. The van der Waals surface area contributed by atoms with Crippen LogP contribution in [0.3, 0.4) is 0 Å². The number of benzene rings is 3. The zero-order valence-electron chi connectivity index (χ0n) is 28.4. The van der Waals surface area contributed by atoms with Crippen molar-refractivity contribution >= 4 is 33.7 Å². The summed E-state index contributed by atoms with van der Waals surface area (Å²) >= 11 is 0. The molecule has 0 radical (unpaired) electrons. The van der Waals surface area contributed by atoms with Crippen molar-refractivity contribution in [3.63, 3.8) is 0 Å². The molecule has 1 unspecified atom stereocenters. The highest BCUT2D eigenvalue weighted by molar-refractivity contribution is 7.90. The number of hydrogen-bond donors (Lipinski definition) is 1. The number of carbonyl (C=O) groups excluding carboxylic acids is 4. The third kappa shape index (κ3) is 7.87. The van der Waals surface area contributed by atoms with Crippen LogP contribution in [0.1, 0.15) is 51.7 Å². The second kappa shape index (κ2) is 14.6. The number of esters is 1. The first-order valence-corrected chi connectivity index (χ1v) is 17.7. The van der Waals surface area contributed by atoms with Crippen molar-refractivity contribution in [3.05, 3.63) is 106 Å². The number of rotatable bonds is 12. The van der Waals surface area contributed by atoms with Gasteiger partial charge in [0, 0.05) is 12.0 Å². The number of nitrogens with zero attached hydrogens (tertiary/aromatic N) is 6. The van der Waals surface area contributed by atoms with E-state index in [0.717, 1.165) is 38.4 Å². The van der Waals surface area contributed by atoms with Gasteiger partial charge in [0.25, 0.3) is 21.8 Å². The van der Waals surface area contributed by atoms with Gasteiger partial charge in [-0.15, -0.1) is 5.01 Å². The van der Waals surface area contributed by atoms with Crippen molar-refractivity contribution < 1.29 is 55.3 Å². The largest absolute Gasteiger partial charge is 0.569 e. The fraction of sp³-hybridized carbons (Fsp3) is 0.265. The van der Waals surface area contributed by atoms with Gasteiger partial charge in [-0.05, 0) is 56.3 Å². The second-order valence-corrected chi connectivity index (χ2v) is 13.9. The van der Waals surface area contributed by atoms with Crippen LogP contribution in [0.25, 0.3) is 16.9 Å². The Kier molecular flexibility index (Phi) is 10.1. The summed E-state index contributed by atoms with van der Waals surface area (Å²) in [6, 6.07) is 18.5. The fourth-order valence-corrected chi connectivity index (χ4v) is 6.52. The molecule has 3 amide bonds. The van der Waals surface area contributed by atoms with E-state index in [1.54, 1.807) is 36.4 Å². The molecular formula is C34H30F3N7O9S. The number of fused-ring (bicyclic) bond motifs is 1. The summed E-state index contributed by atoms with van der Waals surface area (Å²) in [6.45, 7) is 3.00. The number of imide groups is 1. The molecule has 3 heterocycles. The van der Waals surface area contributed by atoms with Gasteiger partial charge in [-0.25, -0.2) is 22.7 Å². The molecule has 16 nitrogen and oxygen atoms in total. The molecule has 4 aromatic rings. The highest BCUT2D eigenvalue weighted by Crippen LogP contribution is 2.33. The molecule has 0 bridgehead atoms. The number of ether oxygens (including phenoxy) is 1. The van der Waals surface area contributed by atoms with E-state index in [-0.39, 0.29) is 45.5 Å². The van der Waals surface area contributed by atoms with Gasteiger partial charge in [0.05, 0.1) is 38.8 Å². The number of aryl methyl sites for hydroxylation is 1. The minimum Gasteiger partial charge on any atom is -0.569 e. The topological polar surface area (TPSA) is 196 Å². The van der Waals surface area contributed by atoms with Gasteiger partial charge in [-0.1, -0.05) is 42.0 Å². The zero-order chi connectivity index (χ0) is 38.9. The van der Waals surface area contributed by atoms with E-state index in [2.05, 4.69) is 10.4 Å². The van der Waals surface area contributed by atoms with E-state index in [0.29, 0.717) is 5.56 Å². The van der Waals surface area contributed by atoms with Crippen molar-refractivity contribution in [2.75, 3.05) is 13.1 Å². The maximum atomic E-state index is 13.5. The lowest BCUT2D eigenvalue weighted by atomic mass is 10.1. The Hall–Kier alpha value is -6.31. The highest BCUT2D eigenvalue weighted by atomic mass is 32.2. The molecule has 2 aliphatic rings. The van der Waals surface area contributed by atoms with Crippen LogP contribution >= 0.6 is 0 Å². The van der Waals surface area contributed by atoms with Crippen LogP contribution < -0.4 is 4.72 Å². The first-order chi connectivity index (χ1) is 25.5. The first kappa shape index (κ1) is 37.4. The number of hydrogen-bond acceptors (Lipinski definition) is 11. The van der Waals surface area contributed by atoms with E-state index in [1.807, 2.05) is 11.6 Å². The predicted molar refractivity (Wildman–Crippen MR) is 178 cm³/mol. The van der Waals surface area contributed by atoms with Crippen molar-refractivity contribution in [2.24, 2.45) is 5.28 Å². The molecule has 0 aliphatic carbocycles. The smallest absolute Gasteiger partial charge is 0.435 e. The van der Waals surface area contributed by atoms with Crippen LogP contribution in [0.5, 0.6) is 0 Å². The summed E-state index contributed by atoms with van der Waals surface area (Å²) in [7, 11) is -4.43. The molecule has 282 valence electrons. The van der Waals surface area contributed by atoms with Gasteiger partial charge in [0.15, 0.2) is 5.69 Å². The van der Waals surface area contributed by atoms with Crippen LogP contribution in [0.15, 0.2) is 89.0 Å². The summed E-state index contributed by atoms with van der Waals surface area (Å²) < 4.78 is 74.4. The first-order valence-electron chi connectivity index (χ1n) is 16.2. The van der Waals surface area contributed by atoms with E-state index in [9.17, 15) is 46.0 Å². The van der Waals surface area contributed by atoms with E-state index in [1.165, 1.54) is 31.2 Å². The van der Waals surface area contributed by atoms with Crippen molar-refractivity contribution in [1.82, 2.24) is 24.4 Å². The number of halogens is 3. The van der Waals surface area contributed by atoms with Gasteiger partial charge >= 0.3 is 12.1 Å². The lowest BCUT2D eigenvalue weighted by Crippen LogP contribution is -2.55. The molecule has 0 saturated carbocycles. The summed E-state index contributed by atoms with van der Waals surface area (Å²) in [5.74, 6) is -3.06. The average Bonchev–Trinajstić information content (AvgIpc) is 3.67. The molecule has 0 spiro atoms. The molecule has 1 saturated heterocycles. The number of alkyl halides is 3. The molecule has 6 rings (SSSR count). The maximum absolute atomic E-state index is 13.5. The van der Waals surface area contributed by atoms with Gasteiger partial charge in [0.2, 0.25) is 17.4 Å². The Morgan fingerprint density at radius 2 is 1.61 bits per heavy atom. The maximum Gasteiger partial charge on any atom is 0.435 e. The van der Waals surface area contributed by atoms with Gasteiger partial charge in [-0.3, -0.25) is 19.2 Å².